The Morgan fingerprint density at radius 2 is 1.80 bits per heavy atom. The molecule has 0 fully saturated rings. The zero-order chi connectivity index (χ0) is 14.9. The van der Waals surface area contributed by atoms with Gasteiger partial charge in [0.1, 0.15) is 5.69 Å². The molecule has 8 heteroatoms. The SMILES string of the molecule is Nc1cnc(C(F)(F)F)cc1Nc1cc(Br)ccc1Br. The third-order valence-corrected chi connectivity index (χ3v) is 3.61. The van der Waals surface area contributed by atoms with Gasteiger partial charge in [0, 0.05) is 8.95 Å². The van der Waals surface area contributed by atoms with Crippen LogP contribution in [-0.4, -0.2) is 4.98 Å². The molecule has 0 saturated heterocycles. The molecule has 106 valence electrons. The fourth-order valence-electron chi connectivity index (χ4n) is 1.47. The average molecular weight is 411 g/mol. The first kappa shape index (κ1) is 15.1. The van der Waals surface area contributed by atoms with Crippen LogP contribution in [0.5, 0.6) is 0 Å². The molecule has 1 aromatic heterocycles. The fourth-order valence-corrected chi connectivity index (χ4v) is 2.17. The molecule has 0 amide bonds. The van der Waals surface area contributed by atoms with Gasteiger partial charge in [-0.15, -0.1) is 0 Å². The quantitative estimate of drug-likeness (QED) is 0.736. The lowest BCUT2D eigenvalue weighted by atomic mass is 10.2. The highest BCUT2D eigenvalue weighted by atomic mass is 79.9. The van der Waals surface area contributed by atoms with Crippen molar-refractivity contribution in [2.45, 2.75) is 6.18 Å². The number of nitrogens with zero attached hydrogens (tertiary/aromatic N) is 1. The van der Waals surface area contributed by atoms with Gasteiger partial charge in [0.05, 0.1) is 23.3 Å². The first-order chi connectivity index (χ1) is 9.27. The summed E-state index contributed by atoms with van der Waals surface area (Å²) in [5, 5.41) is 2.85. The zero-order valence-corrected chi connectivity index (χ0v) is 13.0. The number of hydrogen-bond donors (Lipinski definition) is 2. The van der Waals surface area contributed by atoms with Gasteiger partial charge in [-0.05, 0) is 40.2 Å². The maximum absolute atomic E-state index is 12.6. The van der Waals surface area contributed by atoms with Crippen molar-refractivity contribution in [1.82, 2.24) is 4.98 Å². The molecule has 3 nitrogen and oxygen atoms in total. The van der Waals surface area contributed by atoms with Crippen molar-refractivity contribution in [2.75, 3.05) is 11.1 Å². The molecule has 0 saturated carbocycles. The van der Waals surface area contributed by atoms with E-state index < -0.39 is 11.9 Å². The lowest BCUT2D eigenvalue weighted by Crippen LogP contribution is -2.09. The fraction of sp³-hybridized carbons (Fsp3) is 0.0833. The third kappa shape index (κ3) is 3.43. The van der Waals surface area contributed by atoms with E-state index in [9.17, 15) is 13.2 Å². The predicted molar refractivity (Wildman–Crippen MR) is 78.8 cm³/mol. The molecule has 0 aliphatic rings. The van der Waals surface area contributed by atoms with Crippen LogP contribution in [0.25, 0.3) is 0 Å². The molecule has 0 spiro atoms. The third-order valence-electron chi connectivity index (χ3n) is 2.42. The Morgan fingerprint density at radius 3 is 2.45 bits per heavy atom. The van der Waals surface area contributed by atoms with Gasteiger partial charge in [-0.25, -0.2) is 4.98 Å². The van der Waals surface area contributed by atoms with Crippen molar-refractivity contribution < 1.29 is 13.2 Å². The van der Waals surface area contributed by atoms with Crippen LogP contribution in [0.3, 0.4) is 0 Å². The minimum atomic E-state index is -4.52. The highest BCUT2D eigenvalue weighted by Crippen LogP contribution is 2.34. The molecule has 3 N–H and O–H groups in total. The molecule has 0 aliphatic heterocycles. The standard InChI is InChI=1S/C12H8Br2F3N3/c13-6-1-2-7(14)9(3-6)20-10-4-11(12(15,16)17)19-5-8(10)18/h1-5H,18H2,(H,19,20). The number of nitrogens with one attached hydrogen (secondary N) is 1. The van der Waals surface area contributed by atoms with Crippen molar-refractivity contribution >= 4 is 48.9 Å². The molecule has 0 unspecified atom stereocenters. The summed E-state index contributed by atoms with van der Waals surface area (Å²) in [5.74, 6) is 0. The van der Waals surface area contributed by atoms with Gasteiger partial charge in [0.2, 0.25) is 0 Å². The number of aromatic nitrogens is 1. The van der Waals surface area contributed by atoms with E-state index in [4.69, 9.17) is 5.73 Å². The second-order valence-electron chi connectivity index (χ2n) is 3.90. The summed E-state index contributed by atoms with van der Waals surface area (Å²) < 4.78 is 39.4. The van der Waals surface area contributed by atoms with E-state index in [2.05, 4.69) is 42.2 Å². The molecule has 20 heavy (non-hydrogen) atoms. The molecular weight excluding hydrogens is 403 g/mol. The van der Waals surface area contributed by atoms with Crippen LogP contribution in [0.2, 0.25) is 0 Å². The van der Waals surface area contributed by atoms with Crippen molar-refractivity contribution in [2.24, 2.45) is 0 Å². The average Bonchev–Trinajstić information content (AvgIpc) is 2.35. The minimum Gasteiger partial charge on any atom is -0.396 e. The number of halogens is 5. The molecule has 0 atom stereocenters. The Bertz CT molecular complexity index is 644. The number of alkyl halides is 3. The van der Waals surface area contributed by atoms with Crippen LogP contribution in [0.15, 0.2) is 39.4 Å². The molecule has 2 aromatic rings. The zero-order valence-electron chi connectivity index (χ0n) is 9.80. The van der Waals surface area contributed by atoms with E-state index >= 15 is 0 Å². The molecule has 0 bridgehead atoms. The van der Waals surface area contributed by atoms with E-state index in [1.54, 1.807) is 18.2 Å². The number of nitrogens with two attached hydrogens (primary N) is 1. The smallest absolute Gasteiger partial charge is 0.396 e. The van der Waals surface area contributed by atoms with Crippen LogP contribution < -0.4 is 11.1 Å². The summed E-state index contributed by atoms with van der Waals surface area (Å²) in [6.07, 6.45) is -3.53. The van der Waals surface area contributed by atoms with Gasteiger partial charge in [-0.3, -0.25) is 0 Å². The monoisotopic (exact) mass is 409 g/mol. The maximum atomic E-state index is 12.6. The van der Waals surface area contributed by atoms with Crippen molar-refractivity contribution in [3.8, 4) is 0 Å². The van der Waals surface area contributed by atoms with Gasteiger partial charge in [0.25, 0.3) is 0 Å². The van der Waals surface area contributed by atoms with Gasteiger partial charge < -0.3 is 11.1 Å². The summed E-state index contributed by atoms with van der Waals surface area (Å²) >= 11 is 6.60. The van der Waals surface area contributed by atoms with Crippen molar-refractivity contribution in [3.63, 3.8) is 0 Å². The Kier molecular flexibility index (Phi) is 4.24. The number of anilines is 3. The second kappa shape index (κ2) is 5.61. The van der Waals surface area contributed by atoms with Gasteiger partial charge in [0.15, 0.2) is 0 Å². The van der Waals surface area contributed by atoms with Crippen LogP contribution in [-0.2, 0) is 6.18 Å². The molecule has 1 heterocycles. The number of benzene rings is 1. The highest BCUT2D eigenvalue weighted by molar-refractivity contribution is 9.11. The van der Waals surface area contributed by atoms with Gasteiger partial charge >= 0.3 is 6.18 Å². The first-order valence-electron chi connectivity index (χ1n) is 5.32. The van der Waals surface area contributed by atoms with E-state index in [1.807, 2.05) is 0 Å². The first-order valence-corrected chi connectivity index (χ1v) is 6.91. The number of rotatable bonds is 2. The predicted octanol–water partition coefficient (Wildman–Crippen LogP) is 4.95. The van der Waals surface area contributed by atoms with Crippen LogP contribution >= 0.6 is 31.9 Å². The molecule has 0 radical (unpaired) electrons. The molecule has 1 aromatic carbocycles. The van der Waals surface area contributed by atoms with E-state index in [1.165, 1.54) is 0 Å². The Morgan fingerprint density at radius 1 is 1.10 bits per heavy atom. The number of nitrogen functional groups attached to an aromatic ring is 1. The van der Waals surface area contributed by atoms with Gasteiger partial charge in [-0.2, -0.15) is 13.2 Å². The van der Waals surface area contributed by atoms with Crippen molar-refractivity contribution in [3.05, 3.63) is 45.1 Å². The van der Waals surface area contributed by atoms with E-state index in [-0.39, 0.29) is 11.4 Å². The van der Waals surface area contributed by atoms with E-state index in [0.717, 1.165) is 16.7 Å². The normalized spacial score (nSPS) is 11.4. The Labute approximate surface area is 129 Å². The second-order valence-corrected chi connectivity index (χ2v) is 5.67. The highest BCUT2D eigenvalue weighted by Gasteiger charge is 2.33. The van der Waals surface area contributed by atoms with E-state index in [0.29, 0.717) is 10.2 Å². The maximum Gasteiger partial charge on any atom is 0.433 e. The van der Waals surface area contributed by atoms with Crippen LogP contribution in [0.1, 0.15) is 5.69 Å². The lowest BCUT2D eigenvalue weighted by molar-refractivity contribution is -0.141. The Balaban J connectivity index is 2.40. The topological polar surface area (TPSA) is 50.9 Å². The van der Waals surface area contributed by atoms with Gasteiger partial charge in [-0.1, -0.05) is 15.9 Å². The summed E-state index contributed by atoms with van der Waals surface area (Å²) in [7, 11) is 0. The summed E-state index contributed by atoms with van der Waals surface area (Å²) in [6, 6.07) is 6.15. The summed E-state index contributed by atoms with van der Waals surface area (Å²) in [6.45, 7) is 0. The summed E-state index contributed by atoms with van der Waals surface area (Å²) in [4.78, 5) is 3.28. The minimum absolute atomic E-state index is 0.130. The number of pyridine rings is 1. The summed E-state index contributed by atoms with van der Waals surface area (Å²) in [5.41, 5.74) is 5.51. The van der Waals surface area contributed by atoms with Crippen molar-refractivity contribution in [1.29, 1.82) is 0 Å². The molecule has 2 rings (SSSR count). The Hall–Kier alpha value is -1.28. The largest absolute Gasteiger partial charge is 0.433 e. The molecule has 0 aliphatic carbocycles. The number of hydrogen-bond acceptors (Lipinski definition) is 3. The molecular formula is C12H8Br2F3N3. The lowest BCUT2D eigenvalue weighted by Gasteiger charge is -2.13. The van der Waals surface area contributed by atoms with Crippen LogP contribution in [0.4, 0.5) is 30.2 Å². The van der Waals surface area contributed by atoms with Crippen LogP contribution in [0, 0.1) is 0 Å².